The standard InChI is InChI=1S/C35H45ClN2O5S/c1-3-4-10-33-23(2)7-5-9-31(39)28-14-11-26(28)20-38-21-35(17-6-8-24-18-27(36)13-15-29(24)35)22-43-32-16-12-25(19-30(32)38)34(40)37-44(33,41)42/h5,9,12-13,15-16,18-19,23,26,28,31,33,39H,3-4,6-8,10-11,14,17,20-22H2,1-2H3,(H,37,40)/b9-5-/t23-,26-,28+,31+,33+,35-/m0/s1. The van der Waals surface area contributed by atoms with Crippen LogP contribution in [0.3, 0.4) is 0 Å². The van der Waals surface area contributed by atoms with Crippen molar-refractivity contribution in [2.45, 2.75) is 88.4 Å². The number of aliphatic hydroxyl groups is 1. The Hall–Kier alpha value is -2.55. The summed E-state index contributed by atoms with van der Waals surface area (Å²) in [7, 11) is -3.94. The van der Waals surface area contributed by atoms with Crippen molar-refractivity contribution in [1.29, 1.82) is 0 Å². The SMILES string of the molecule is CCCC[C@@H]1[C@@H](C)C/C=C\[C@@H](O)[C@@H]2CC[C@H]2CN2C[C@@]3(CCCc4cc(Cl)ccc43)COc3ccc(cc32)C(=O)NS1(=O)=O. The van der Waals surface area contributed by atoms with Gasteiger partial charge in [-0.25, -0.2) is 13.1 Å². The Morgan fingerprint density at radius 2 is 2.02 bits per heavy atom. The maximum atomic E-state index is 13.6. The number of hydrogen-bond donors (Lipinski definition) is 2. The molecule has 7 nitrogen and oxygen atoms in total. The van der Waals surface area contributed by atoms with Gasteiger partial charge < -0.3 is 14.7 Å². The van der Waals surface area contributed by atoms with E-state index in [1.165, 1.54) is 11.1 Å². The first-order chi connectivity index (χ1) is 21.1. The van der Waals surface area contributed by atoms with E-state index in [9.17, 15) is 18.3 Å². The van der Waals surface area contributed by atoms with Crippen LogP contribution in [-0.4, -0.2) is 50.5 Å². The second-order valence-electron chi connectivity index (χ2n) is 13.6. The van der Waals surface area contributed by atoms with Gasteiger partial charge in [-0.1, -0.05) is 56.5 Å². The smallest absolute Gasteiger partial charge is 0.264 e. The number of ether oxygens (including phenoxy) is 1. The van der Waals surface area contributed by atoms with Crippen molar-refractivity contribution in [3.63, 3.8) is 0 Å². The molecule has 0 unspecified atom stereocenters. The van der Waals surface area contributed by atoms with Crippen LogP contribution in [0.5, 0.6) is 5.75 Å². The molecular formula is C35H45ClN2O5S. The van der Waals surface area contributed by atoms with Gasteiger partial charge in [0.25, 0.3) is 5.91 Å². The van der Waals surface area contributed by atoms with Crippen molar-refractivity contribution in [2.75, 3.05) is 24.6 Å². The maximum Gasteiger partial charge on any atom is 0.264 e. The number of carbonyl (C=O) groups excluding carboxylic acids is 1. The zero-order valence-corrected chi connectivity index (χ0v) is 27.4. The van der Waals surface area contributed by atoms with Gasteiger partial charge in [0, 0.05) is 29.1 Å². The first-order valence-corrected chi connectivity index (χ1v) is 18.2. The van der Waals surface area contributed by atoms with E-state index >= 15 is 0 Å². The number of sulfonamides is 1. The molecule has 2 N–H and O–H groups in total. The number of nitrogens with zero attached hydrogens (tertiary/aromatic N) is 1. The van der Waals surface area contributed by atoms with E-state index in [-0.39, 0.29) is 23.2 Å². The summed E-state index contributed by atoms with van der Waals surface area (Å²) in [5.41, 5.74) is 3.35. The third kappa shape index (κ3) is 6.14. The molecule has 238 valence electrons. The molecule has 6 rings (SSSR count). The molecule has 44 heavy (non-hydrogen) atoms. The second kappa shape index (κ2) is 12.7. The van der Waals surface area contributed by atoms with Gasteiger partial charge in [-0.2, -0.15) is 0 Å². The van der Waals surface area contributed by atoms with Gasteiger partial charge in [0.2, 0.25) is 10.0 Å². The molecule has 1 amide bonds. The van der Waals surface area contributed by atoms with Crippen LogP contribution in [-0.2, 0) is 21.9 Å². The first-order valence-electron chi connectivity index (χ1n) is 16.3. The van der Waals surface area contributed by atoms with E-state index in [0.29, 0.717) is 37.3 Å². The largest absolute Gasteiger partial charge is 0.490 e. The summed E-state index contributed by atoms with van der Waals surface area (Å²) in [4.78, 5) is 15.9. The third-order valence-electron chi connectivity index (χ3n) is 10.6. The number of benzene rings is 2. The van der Waals surface area contributed by atoms with Crippen molar-refractivity contribution in [1.82, 2.24) is 4.72 Å². The van der Waals surface area contributed by atoms with Crippen LogP contribution >= 0.6 is 11.6 Å². The third-order valence-corrected chi connectivity index (χ3v) is 12.8. The molecule has 2 heterocycles. The number of aliphatic hydroxyl groups excluding tert-OH is 1. The Morgan fingerprint density at radius 1 is 1.18 bits per heavy atom. The predicted molar refractivity (Wildman–Crippen MR) is 175 cm³/mol. The highest BCUT2D eigenvalue weighted by Gasteiger charge is 2.44. The molecule has 0 saturated heterocycles. The van der Waals surface area contributed by atoms with Gasteiger partial charge in [0.05, 0.1) is 23.6 Å². The van der Waals surface area contributed by atoms with Gasteiger partial charge in [-0.3, -0.25) is 4.79 Å². The number of anilines is 1. The zero-order chi connectivity index (χ0) is 31.1. The van der Waals surface area contributed by atoms with Crippen LogP contribution in [0.1, 0.15) is 86.7 Å². The molecule has 2 aliphatic heterocycles. The van der Waals surface area contributed by atoms with Crippen LogP contribution in [0.25, 0.3) is 0 Å². The van der Waals surface area contributed by atoms with Gasteiger partial charge in [0.1, 0.15) is 5.75 Å². The Balaban J connectivity index is 1.41. The molecule has 2 bridgehead atoms. The van der Waals surface area contributed by atoms with Gasteiger partial charge in [-0.05, 0) is 104 Å². The molecule has 2 aromatic rings. The van der Waals surface area contributed by atoms with Crippen molar-refractivity contribution in [3.8, 4) is 5.75 Å². The minimum absolute atomic E-state index is 0.126. The zero-order valence-electron chi connectivity index (χ0n) is 25.8. The van der Waals surface area contributed by atoms with E-state index in [0.717, 1.165) is 62.2 Å². The number of aryl methyl sites for hydroxylation is 1. The molecule has 1 saturated carbocycles. The fourth-order valence-corrected chi connectivity index (χ4v) is 9.87. The fourth-order valence-electron chi connectivity index (χ4n) is 7.95. The number of hydrogen-bond acceptors (Lipinski definition) is 6. The van der Waals surface area contributed by atoms with E-state index in [4.69, 9.17) is 16.3 Å². The van der Waals surface area contributed by atoms with E-state index in [1.807, 2.05) is 38.1 Å². The quantitative estimate of drug-likeness (QED) is 0.376. The number of carbonyl (C=O) groups is 1. The molecule has 0 aromatic heterocycles. The number of amides is 1. The normalized spacial score (nSPS) is 32.3. The average Bonchev–Trinajstić information content (AvgIpc) is 3.11. The Morgan fingerprint density at radius 3 is 2.80 bits per heavy atom. The lowest BCUT2D eigenvalue weighted by molar-refractivity contribution is 0.0455. The predicted octanol–water partition coefficient (Wildman–Crippen LogP) is 6.41. The average molecular weight is 641 g/mol. The van der Waals surface area contributed by atoms with Crippen molar-refractivity contribution >= 4 is 33.2 Å². The van der Waals surface area contributed by atoms with Gasteiger partial charge in [-0.15, -0.1) is 0 Å². The van der Waals surface area contributed by atoms with Gasteiger partial charge in [0.15, 0.2) is 0 Å². The Bertz CT molecular complexity index is 1530. The van der Waals surface area contributed by atoms with E-state index in [2.05, 4.69) is 21.8 Å². The van der Waals surface area contributed by atoms with Gasteiger partial charge >= 0.3 is 0 Å². The minimum atomic E-state index is -3.94. The van der Waals surface area contributed by atoms with E-state index < -0.39 is 27.3 Å². The molecule has 4 aliphatic rings. The number of nitrogens with one attached hydrogen (secondary N) is 1. The topological polar surface area (TPSA) is 95.9 Å². The van der Waals surface area contributed by atoms with Crippen molar-refractivity contribution < 1.29 is 23.1 Å². The monoisotopic (exact) mass is 640 g/mol. The van der Waals surface area contributed by atoms with Crippen molar-refractivity contribution in [2.24, 2.45) is 17.8 Å². The van der Waals surface area contributed by atoms with Crippen LogP contribution in [0.4, 0.5) is 5.69 Å². The molecular weight excluding hydrogens is 596 g/mol. The highest BCUT2D eigenvalue weighted by atomic mass is 35.5. The second-order valence-corrected chi connectivity index (χ2v) is 15.9. The number of unbranched alkanes of at least 4 members (excludes halogenated alkanes) is 1. The lowest BCUT2D eigenvalue weighted by atomic mass is 9.68. The summed E-state index contributed by atoms with van der Waals surface area (Å²) < 4.78 is 36.2. The molecule has 0 radical (unpaired) electrons. The first kappa shape index (κ1) is 31.4. The molecule has 9 heteroatoms. The summed E-state index contributed by atoms with van der Waals surface area (Å²) >= 11 is 6.40. The minimum Gasteiger partial charge on any atom is -0.490 e. The lowest BCUT2D eigenvalue weighted by Gasteiger charge is -2.45. The van der Waals surface area contributed by atoms with Crippen LogP contribution in [0.15, 0.2) is 48.6 Å². The fraction of sp³-hybridized carbons (Fsp3) is 0.571. The lowest BCUT2D eigenvalue weighted by Crippen LogP contribution is -2.49. The Labute approximate surface area is 267 Å². The summed E-state index contributed by atoms with van der Waals surface area (Å²) in [6.07, 6.45) is 10.8. The number of allylic oxidation sites excluding steroid dienone is 1. The van der Waals surface area contributed by atoms with E-state index in [1.54, 1.807) is 12.1 Å². The summed E-state index contributed by atoms with van der Waals surface area (Å²) in [5, 5.41) is 11.3. The summed E-state index contributed by atoms with van der Waals surface area (Å²) in [6, 6.07) is 11.5. The summed E-state index contributed by atoms with van der Waals surface area (Å²) in [5.74, 6) is 0.278. The molecule has 2 aromatic carbocycles. The molecule has 1 spiro atoms. The van der Waals surface area contributed by atoms with Crippen LogP contribution < -0.4 is 14.4 Å². The number of halogens is 1. The molecule has 6 atom stereocenters. The summed E-state index contributed by atoms with van der Waals surface area (Å²) in [6.45, 7) is 5.87. The molecule has 1 fully saturated rings. The highest BCUT2D eigenvalue weighted by Crippen LogP contribution is 2.46. The maximum absolute atomic E-state index is 13.6. The van der Waals surface area contributed by atoms with Crippen LogP contribution in [0, 0.1) is 17.8 Å². The molecule has 2 aliphatic carbocycles. The number of fused-ring (bicyclic) bond motifs is 4. The van der Waals surface area contributed by atoms with Crippen LogP contribution in [0.2, 0.25) is 5.02 Å². The highest BCUT2D eigenvalue weighted by molar-refractivity contribution is 7.90. The Kier molecular flexibility index (Phi) is 9.06. The van der Waals surface area contributed by atoms with Crippen molar-refractivity contribution in [3.05, 3.63) is 70.3 Å². The number of rotatable bonds is 3.